The van der Waals surface area contributed by atoms with Crippen LogP contribution in [0.1, 0.15) is 74.6 Å². The molecule has 5 saturated carbocycles. The van der Waals surface area contributed by atoms with Gasteiger partial charge >= 0.3 is 5.97 Å². The quantitative estimate of drug-likeness (QED) is 0.762. The van der Waals surface area contributed by atoms with Crippen molar-refractivity contribution >= 4 is 23.3 Å². The van der Waals surface area contributed by atoms with Gasteiger partial charge in [-0.2, -0.15) is 0 Å². The second-order valence-electron chi connectivity index (χ2n) is 9.84. The fourth-order valence-electron chi connectivity index (χ4n) is 6.61. The first-order valence-electron chi connectivity index (χ1n) is 11.2. The molecule has 5 aliphatic rings. The normalized spacial score (nSPS) is 35.4. The van der Waals surface area contributed by atoms with Gasteiger partial charge < -0.3 is 10.1 Å². The van der Waals surface area contributed by atoms with Crippen LogP contribution < -0.4 is 5.32 Å². The number of ether oxygens (including phenoxy) is 1. The van der Waals surface area contributed by atoms with Gasteiger partial charge in [-0.25, -0.2) is 4.79 Å². The summed E-state index contributed by atoms with van der Waals surface area (Å²) in [4.78, 5) is 37.4. The highest BCUT2D eigenvalue weighted by molar-refractivity contribution is 5.97. The van der Waals surface area contributed by atoms with E-state index in [4.69, 9.17) is 4.74 Å². The highest BCUT2D eigenvalue weighted by Crippen LogP contribution is 2.60. The zero-order chi connectivity index (χ0) is 20.0. The Morgan fingerprint density at radius 3 is 2.14 bits per heavy atom. The Morgan fingerprint density at radius 1 is 0.931 bits per heavy atom. The molecule has 29 heavy (non-hydrogen) atoms. The van der Waals surface area contributed by atoms with E-state index in [1.807, 2.05) is 0 Å². The lowest BCUT2D eigenvalue weighted by Gasteiger charge is -2.55. The van der Waals surface area contributed by atoms with Crippen LogP contribution in [0.3, 0.4) is 0 Å². The molecule has 0 unspecified atom stereocenters. The number of rotatable bonds is 4. The van der Waals surface area contributed by atoms with E-state index in [0.717, 1.165) is 55.5 Å². The molecule has 0 radical (unpaired) electrons. The maximum absolute atomic E-state index is 13.1. The second kappa shape index (κ2) is 7.26. The van der Waals surface area contributed by atoms with Crippen LogP contribution >= 0.6 is 0 Å². The summed E-state index contributed by atoms with van der Waals surface area (Å²) in [6, 6.07) is 6.87. The molecular weight excluding hydrogens is 366 g/mol. The van der Waals surface area contributed by atoms with Gasteiger partial charge in [-0.3, -0.25) is 9.59 Å². The molecule has 0 spiro atoms. The summed E-state index contributed by atoms with van der Waals surface area (Å²) in [7, 11) is 0. The molecular formula is C24H29NO4. The molecule has 1 atom stereocenters. The first kappa shape index (κ1) is 18.8. The van der Waals surface area contributed by atoms with Gasteiger partial charge in [-0.05, 0) is 99.8 Å². The van der Waals surface area contributed by atoms with Crippen LogP contribution in [0.2, 0.25) is 0 Å². The molecule has 6 rings (SSSR count). The Balaban J connectivity index is 1.22. The third kappa shape index (κ3) is 3.60. The van der Waals surface area contributed by atoms with E-state index in [1.165, 1.54) is 19.3 Å². The van der Waals surface area contributed by atoms with Gasteiger partial charge in [0.15, 0.2) is 11.9 Å². The summed E-state index contributed by atoms with van der Waals surface area (Å²) in [5.74, 6) is 1.89. The molecule has 0 aliphatic heterocycles. The number of nitrogens with one attached hydrogen (secondary N) is 1. The van der Waals surface area contributed by atoms with Crippen molar-refractivity contribution in [2.45, 2.75) is 70.3 Å². The topological polar surface area (TPSA) is 72.5 Å². The summed E-state index contributed by atoms with van der Waals surface area (Å²) in [6.07, 6.45) is 9.33. The van der Waals surface area contributed by atoms with E-state index < -0.39 is 12.1 Å². The molecule has 0 aromatic heterocycles. The average molecular weight is 395 g/mol. The lowest BCUT2D eigenvalue weighted by Crippen LogP contribution is -2.51. The highest BCUT2D eigenvalue weighted by Gasteiger charge is 2.54. The Bertz CT molecular complexity index is 793. The first-order chi connectivity index (χ1) is 14.0. The summed E-state index contributed by atoms with van der Waals surface area (Å²) in [5.41, 5.74) is 0.945. The Morgan fingerprint density at radius 2 is 1.55 bits per heavy atom. The van der Waals surface area contributed by atoms with Crippen LogP contribution in [-0.4, -0.2) is 23.8 Å². The zero-order valence-corrected chi connectivity index (χ0v) is 16.8. The maximum atomic E-state index is 13.1. The largest absolute Gasteiger partial charge is 0.451 e. The van der Waals surface area contributed by atoms with Gasteiger partial charge in [0.05, 0.1) is 11.0 Å². The minimum Gasteiger partial charge on any atom is -0.451 e. The second-order valence-corrected chi connectivity index (χ2v) is 9.84. The van der Waals surface area contributed by atoms with Crippen molar-refractivity contribution in [3.05, 3.63) is 29.8 Å². The molecule has 1 amide bonds. The van der Waals surface area contributed by atoms with Gasteiger partial charge in [0.25, 0.3) is 0 Å². The molecule has 5 heteroatoms. The van der Waals surface area contributed by atoms with Crippen LogP contribution in [-0.2, 0) is 14.3 Å². The van der Waals surface area contributed by atoms with Crippen molar-refractivity contribution in [1.82, 2.24) is 0 Å². The molecule has 5 aliphatic carbocycles. The van der Waals surface area contributed by atoms with Gasteiger partial charge in [-0.1, -0.05) is 0 Å². The van der Waals surface area contributed by atoms with Crippen molar-refractivity contribution in [3.63, 3.8) is 0 Å². The summed E-state index contributed by atoms with van der Waals surface area (Å²) >= 11 is 0. The number of hydrogen-bond donors (Lipinski definition) is 1. The van der Waals surface area contributed by atoms with E-state index >= 15 is 0 Å². The van der Waals surface area contributed by atoms with Gasteiger partial charge in [-0.15, -0.1) is 0 Å². The van der Waals surface area contributed by atoms with Crippen molar-refractivity contribution in [1.29, 1.82) is 0 Å². The van der Waals surface area contributed by atoms with Crippen LogP contribution in [0.25, 0.3) is 0 Å². The molecule has 4 bridgehead atoms. The molecule has 154 valence electrons. The number of esters is 1. The zero-order valence-electron chi connectivity index (χ0n) is 16.8. The lowest BCUT2D eigenvalue weighted by atomic mass is 9.49. The number of Topliss-reactive ketones (excluding diaryl/α,β-unsaturated/α-hetero) is 1. The lowest BCUT2D eigenvalue weighted by molar-refractivity contribution is -0.140. The van der Waals surface area contributed by atoms with E-state index in [1.54, 1.807) is 24.3 Å². The van der Waals surface area contributed by atoms with Crippen molar-refractivity contribution in [3.8, 4) is 0 Å². The van der Waals surface area contributed by atoms with Gasteiger partial charge in [0.1, 0.15) is 0 Å². The molecule has 1 aromatic carbocycles. The standard InChI is InChI=1S/C24H29NO4/c26-20-3-1-2-4-21(20)29-22(27)18-5-7-19(8-6-18)25-23(28)24-12-15-9-16(13-24)11-17(10-15)14-24/h5-8,15-17,21H,1-4,9-14H2,(H,25,28)/t15?,16?,17?,21-,24?/m1/s1. The fraction of sp³-hybridized carbons (Fsp3) is 0.625. The van der Waals surface area contributed by atoms with E-state index in [-0.39, 0.29) is 17.1 Å². The fourth-order valence-corrected chi connectivity index (χ4v) is 6.61. The van der Waals surface area contributed by atoms with Gasteiger partial charge in [0.2, 0.25) is 5.91 Å². The highest BCUT2D eigenvalue weighted by atomic mass is 16.5. The van der Waals surface area contributed by atoms with Gasteiger partial charge in [0, 0.05) is 12.1 Å². The van der Waals surface area contributed by atoms with Crippen molar-refractivity contribution in [2.75, 3.05) is 5.32 Å². The van der Waals surface area contributed by atoms with E-state index in [0.29, 0.717) is 18.4 Å². The van der Waals surface area contributed by atoms with Crippen LogP contribution in [0, 0.1) is 23.2 Å². The molecule has 1 N–H and O–H groups in total. The molecule has 0 saturated heterocycles. The number of carbonyl (C=O) groups is 3. The summed E-state index contributed by atoms with van der Waals surface area (Å²) < 4.78 is 5.40. The Labute approximate surface area is 171 Å². The van der Waals surface area contributed by atoms with Crippen LogP contribution in [0.4, 0.5) is 5.69 Å². The number of ketones is 1. The molecule has 5 nitrogen and oxygen atoms in total. The third-order valence-corrected chi connectivity index (χ3v) is 7.65. The Kier molecular flexibility index (Phi) is 4.72. The number of amides is 1. The first-order valence-corrected chi connectivity index (χ1v) is 11.2. The molecule has 1 aromatic rings. The smallest absolute Gasteiger partial charge is 0.338 e. The number of hydrogen-bond acceptors (Lipinski definition) is 4. The third-order valence-electron chi connectivity index (χ3n) is 7.65. The molecule has 5 fully saturated rings. The van der Waals surface area contributed by atoms with Crippen LogP contribution in [0.5, 0.6) is 0 Å². The number of benzene rings is 1. The number of anilines is 1. The van der Waals surface area contributed by atoms with E-state index in [9.17, 15) is 14.4 Å². The predicted molar refractivity (Wildman–Crippen MR) is 108 cm³/mol. The van der Waals surface area contributed by atoms with Crippen molar-refractivity contribution < 1.29 is 19.1 Å². The minimum atomic E-state index is -0.605. The SMILES string of the molecule is O=C(O[C@@H]1CCCCC1=O)c1ccc(NC(=O)C23CC4CC(CC(C4)C2)C3)cc1. The Hall–Kier alpha value is -2.17. The molecule has 0 heterocycles. The average Bonchev–Trinajstić information content (AvgIpc) is 2.69. The van der Waals surface area contributed by atoms with Crippen LogP contribution in [0.15, 0.2) is 24.3 Å². The van der Waals surface area contributed by atoms with E-state index in [2.05, 4.69) is 5.32 Å². The van der Waals surface area contributed by atoms with Crippen molar-refractivity contribution in [2.24, 2.45) is 23.2 Å². The summed E-state index contributed by atoms with van der Waals surface area (Å²) in [6.45, 7) is 0. The number of carbonyl (C=O) groups excluding carboxylic acids is 3. The maximum Gasteiger partial charge on any atom is 0.338 e. The summed E-state index contributed by atoms with van der Waals surface area (Å²) in [5, 5.41) is 3.11. The minimum absolute atomic E-state index is 0.0176. The predicted octanol–water partition coefficient (Wildman–Crippen LogP) is 4.51. The monoisotopic (exact) mass is 395 g/mol.